The summed E-state index contributed by atoms with van der Waals surface area (Å²) in [5.41, 5.74) is 7.48. The summed E-state index contributed by atoms with van der Waals surface area (Å²) in [6.45, 7) is 0.404. The van der Waals surface area contributed by atoms with Crippen molar-refractivity contribution in [3.8, 4) is 17.3 Å². The first-order chi connectivity index (χ1) is 9.22. The zero-order valence-corrected chi connectivity index (χ0v) is 10.9. The standard InChI is InChI=1S/C14H15N3O2/c1-17-4-3-16-14(17)12-7-9-5-11(18-2)6-10(8-15)13(9)19-12/h3-7H,8,15H2,1-2H3. The van der Waals surface area contributed by atoms with E-state index in [0.717, 1.165) is 33.9 Å². The van der Waals surface area contributed by atoms with Crippen molar-refractivity contribution in [2.45, 2.75) is 6.54 Å². The van der Waals surface area contributed by atoms with Crippen molar-refractivity contribution in [3.63, 3.8) is 0 Å². The van der Waals surface area contributed by atoms with Gasteiger partial charge in [-0.05, 0) is 18.2 Å². The van der Waals surface area contributed by atoms with E-state index in [4.69, 9.17) is 14.9 Å². The van der Waals surface area contributed by atoms with Crippen molar-refractivity contribution in [2.75, 3.05) is 7.11 Å². The molecular weight excluding hydrogens is 242 g/mol. The molecule has 5 nitrogen and oxygen atoms in total. The fourth-order valence-electron chi connectivity index (χ4n) is 2.18. The first-order valence-corrected chi connectivity index (χ1v) is 6.01. The largest absolute Gasteiger partial charge is 0.497 e. The van der Waals surface area contributed by atoms with Crippen LogP contribution in [0.4, 0.5) is 0 Å². The molecule has 19 heavy (non-hydrogen) atoms. The van der Waals surface area contributed by atoms with Crippen LogP contribution in [0.3, 0.4) is 0 Å². The highest BCUT2D eigenvalue weighted by Gasteiger charge is 2.13. The second-order valence-corrected chi connectivity index (χ2v) is 4.38. The van der Waals surface area contributed by atoms with Crippen molar-refractivity contribution in [1.29, 1.82) is 0 Å². The van der Waals surface area contributed by atoms with Crippen LogP contribution in [0.25, 0.3) is 22.6 Å². The molecule has 0 unspecified atom stereocenters. The van der Waals surface area contributed by atoms with Crippen molar-refractivity contribution in [3.05, 3.63) is 36.2 Å². The second-order valence-electron chi connectivity index (χ2n) is 4.38. The summed E-state index contributed by atoms with van der Waals surface area (Å²) in [7, 11) is 3.57. The van der Waals surface area contributed by atoms with Crippen molar-refractivity contribution >= 4 is 11.0 Å². The van der Waals surface area contributed by atoms with Crippen molar-refractivity contribution in [2.24, 2.45) is 12.8 Å². The topological polar surface area (TPSA) is 66.2 Å². The maximum Gasteiger partial charge on any atom is 0.175 e. The van der Waals surface area contributed by atoms with E-state index in [0.29, 0.717) is 6.54 Å². The molecular formula is C14H15N3O2. The quantitative estimate of drug-likeness (QED) is 0.781. The van der Waals surface area contributed by atoms with Gasteiger partial charge in [0.2, 0.25) is 0 Å². The molecule has 0 atom stereocenters. The van der Waals surface area contributed by atoms with E-state index < -0.39 is 0 Å². The number of aromatic nitrogens is 2. The molecule has 0 saturated carbocycles. The Hall–Kier alpha value is -2.27. The van der Waals surface area contributed by atoms with Gasteiger partial charge in [0.05, 0.1) is 7.11 Å². The number of rotatable bonds is 3. The molecule has 3 rings (SSSR count). The minimum absolute atomic E-state index is 0.404. The number of imidazole rings is 1. The van der Waals surface area contributed by atoms with Crippen LogP contribution in [-0.4, -0.2) is 16.7 Å². The predicted octanol–water partition coefficient (Wildman–Crippen LogP) is 2.30. The maximum absolute atomic E-state index is 5.90. The van der Waals surface area contributed by atoms with Gasteiger partial charge in [-0.1, -0.05) is 0 Å². The first kappa shape index (κ1) is 11.8. The highest BCUT2D eigenvalue weighted by Crippen LogP contribution is 2.32. The second kappa shape index (κ2) is 4.44. The lowest BCUT2D eigenvalue weighted by Crippen LogP contribution is -1.97. The third-order valence-corrected chi connectivity index (χ3v) is 3.16. The number of nitrogens with zero attached hydrogens (tertiary/aromatic N) is 2. The zero-order valence-electron chi connectivity index (χ0n) is 10.9. The average Bonchev–Trinajstić information content (AvgIpc) is 3.02. The summed E-state index contributed by atoms with van der Waals surface area (Å²) in [6.07, 6.45) is 3.62. The Balaban J connectivity index is 2.23. The molecule has 3 aromatic rings. The predicted molar refractivity (Wildman–Crippen MR) is 72.9 cm³/mol. The van der Waals surface area contributed by atoms with E-state index in [1.54, 1.807) is 13.3 Å². The number of furan rings is 1. The molecule has 0 bridgehead atoms. The van der Waals surface area contributed by atoms with Gasteiger partial charge >= 0.3 is 0 Å². The fourth-order valence-corrected chi connectivity index (χ4v) is 2.18. The van der Waals surface area contributed by atoms with Gasteiger partial charge in [0.15, 0.2) is 11.6 Å². The van der Waals surface area contributed by atoms with E-state index in [1.807, 2.05) is 36.0 Å². The zero-order chi connectivity index (χ0) is 13.4. The monoisotopic (exact) mass is 257 g/mol. The van der Waals surface area contributed by atoms with Crippen LogP contribution in [0, 0.1) is 0 Å². The number of hydrogen-bond donors (Lipinski definition) is 1. The Bertz CT molecular complexity index is 727. The Kier molecular flexibility index (Phi) is 2.76. The summed E-state index contributed by atoms with van der Waals surface area (Å²) in [6, 6.07) is 5.79. The van der Waals surface area contributed by atoms with E-state index in [1.165, 1.54) is 0 Å². The summed E-state index contributed by atoms with van der Waals surface area (Å²) in [5.74, 6) is 2.30. The normalized spacial score (nSPS) is 11.1. The summed E-state index contributed by atoms with van der Waals surface area (Å²) in [5, 5.41) is 0.970. The van der Waals surface area contributed by atoms with E-state index in [2.05, 4.69) is 4.98 Å². The summed E-state index contributed by atoms with van der Waals surface area (Å²) in [4.78, 5) is 4.29. The Morgan fingerprint density at radius 1 is 1.37 bits per heavy atom. The highest BCUT2D eigenvalue weighted by molar-refractivity contribution is 5.86. The van der Waals surface area contributed by atoms with Gasteiger partial charge in [-0.3, -0.25) is 0 Å². The number of fused-ring (bicyclic) bond motifs is 1. The minimum atomic E-state index is 0.404. The van der Waals surface area contributed by atoms with Gasteiger partial charge in [0, 0.05) is 36.9 Å². The van der Waals surface area contributed by atoms with Crippen LogP contribution < -0.4 is 10.5 Å². The van der Waals surface area contributed by atoms with Crippen LogP contribution in [-0.2, 0) is 13.6 Å². The number of nitrogens with two attached hydrogens (primary N) is 1. The van der Waals surface area contributed by atoms with Crippen LogP contribution in [0.15, 0.2) is 35.0 Å². The molecule has 0 aliphatic rings. The number of benzene rings is 1. The Morgan fingerprint density at radius 2 is 2.21 bits per heavy atom. The highest BCUT2D eigenvalue weighted by atomic mass is 16.5. The molecule has 0 fully saturated rings. The molecule has 0 amide bonds. The fraction of sp³-hybridized carbons (Fsp3) is 0.214. The molecule has 2 N–H and O–H groups in total. The lowest BCUT2D eigenvalue weighted by atomic mass is 10.1. The number of ether oxygens (including phenoxy) is 1. The van der Waals surface area contributed by atoms with E-state index in [9.17, 15) is 0 Å². The molecule has 1 aromatic carbocycles. The third kappa shape index (κ3) is 1.88. The molecule has 5 heteroatoms. The third-order valence-electron chi connectivity index (χ3n) is 3.16. The first-order valence-electron chi connectivity index (χ1n) is 6.01. The Labute approximate surface area is 110 Å². The van der Waals surface area contributed by atoms with Crippen LogP contribution in [0.2, 0.25) is 0 Å². The minimum Gasteiger partial charge on any atom is -0.497 e. The van der Waals surface area contributed by atoms with Gasteiger partial charge in [-0.15, -0.1) is 0 Å². The molecule has 0 aliphatic carbocycles. The van der Waals surface area contributed by atoms with Gasteiger partial charge in [-0.2, -0.15) is 0 Å². The molecule has 0 radical (unpaired) electrons. The summed E-state index contributed by atoms with van der Waals surface area (Å²) < 4.78 is 13.1. The lowest BCUT2D eigenvalue weighted by Gasteiger charge is -2.03. The lowest BCUT2D eigenvalue weighted by molar-refractivity contribution is 0.414. The van der Waals surface area contributed by atoms with Crippen LogP contribution >= 0.6 is 0 Å². The van der Waals surface area contributed by atoms with Crippen LogP contribution in [0.5, 0.6) is 5.75 Å². The summed E-state index contributed by atoms with van der Waals surface area (Å²) >= 11 is 0. The van der Waals surface area contributed by atoms with Gasteiger partial charge in [0.25, 0.3) is 0 Å². The molecule has 0 spiro atoms. The number of aryl methyl sites for hydroxylation is 1. The average molecular weight is 257 g/mol. The SMILES string of the molecule is COc1cc(CN)c2oc(-c3nccn3C)cc2c1. The number of methoxy groups -OCH3 is 1. The van der Waals surface area contributed by atoms with Crippen LogP contribution in [0.1, 0.15) is 5.56 Å². The van der Waals surface area contributed by atoms with E-state index in [-0.39, 0.29) is 0 Å². The smallest absolute Gasteiger partial charge is 0.175 e. The number of hydrogen-bond acceptors (Lipinski definition) is 4. The van der Waals surface area contributed by atoms with Crippen molar-refractivity contribution in [1.82, 2.24) is 9.55 Å². The van der Waals surface area contributed by atoms with Gasteiger partial charge in [0.1, 0.15) is 11.3 Å². The maximum atomic E-state index is 5.90. The van der Waals surface area contributed by atoms with Crippen molar-refractivity contribution < 1.29 is 9.15 Å². The van der Waals surface area contributed by atoms with E-state index >= 15 is 0 Å². The molecule has 98 valence electrons. The molecule has 2 aromatic heterocycles. The molecule has 2 heterocycles. The van der Waals surface area contributed by atoms with Gasteiger partial charge < -0.3 is 19.5 Å². The Morgan fingerprint density at radius 3 is 2.84 bits per heavy atom. The molecule has 0 saturated heterocycles. The molecule has 0 aliphatic heterocycles. The van der Waals surface area contributed by atoms with Gasteiger partial charge in [-0.25, -0.2) is 4.98 Å².